The predicted octanol–water partition coefficient (Wildman–Crippen LogP) is 8.34. The second kappa shape index (κ2) is 13.5. The Morgan fingerprint density at radius 1 is 0.955 bits per heavy atom. The lowest BCUT2D eigenvalue weighted by Crippen LogP contribution is -2.36. The fourth-order valence-electron chi connectivity index (χ4n) is 5.86. The molecule has 0 saturated carbocycles. The SMILES string of the molecule is CC(C)c1ccc(N(Cc2cnn(Cc3ccc(Cl)cc3)c2)C(=O)C2CCCc3c(OCc4ccccc4)cccc32)cn1. The van der Waals surface area contributed by atoms with Gasteiger partial charge in [0.1, 0.15) is 12.4 Å². The number of carbonyl (C=O) groups is 1. The van der Waals surface area contributed by atoms with E-state index in [0.717, 1.165) is 64.2 Å². The number of fused-ring (bicyclic) bond motifs is 1. The average Bonchev–Trinajstić information content (AvgIpc) is 3.50. The number of hydrogen-bond acceptors (Lipinski definition) is 4. The molecule has 2 heterocycles. The molecule has 7 heteroatoms. The number of rotatable bonds is 10. The summed E-state index contributed by atoms with van der Waals surface area (Å²) in [4.78, 5) is 21.1. The number of aromatic nitrogens is 3. The topological polar surface area (TPSA) is 60.2 Å². The molecule has 1 aliphatic carbocycles. The minimum absolute atomic E-state index is 0.0655. The summed E-state index contributed by atoms with van der Waals surface area (Å²) in [5.41, 5.74) is 7.16. The lowest BCUT2D eigenvalue weighted by molar-refractivity contribution is -0.120. The third-order valence-electron chi connectivity index (χ3n) is 8.22. The minimum Gasteiger partial charge on any atom is -0.489 e. The summed E-state index contributed by atoms with van der Waals surface area (Å²) in [7, 11) is 0. The number of ether oxygens (including phenoxy) is 1. The summed E-state index contributed by atoms with van der Waals surface area (Å²) >= 11 is 6.06. The molecular formula is C37H37ClN4O2. The third kappa shape index (κ3) is 6.87. The van der Waals surface area contributed by atoms with Crippen molar-refractivity contribution in [3.8, 4) is 5.75 Å². The first-order valence-electron chi connectivity index (χ1n) is 15.3. The normalized spacial score (nSPS) is 14.3. The molecule has 0 saturated heterocycles. The van der Waals surface area contributed by atoms with E-state index in [1.807, 2.05) is 94.9 Å². The van der Waals surface area contributed by atoms with Crippen molar-refractivity contribution in [1.29, 1.82) is 0 Å². The van der Waals surface area contributed by atoms with Crippen molar-refractivity contribution < 1.29 is 9.53 Å². The van der Waals surface area contributed by atoms with Crippen molar-refractivity contribution in [3.05, 3.63) is 142 Å². The molecule has 0 radical (unpaired) electrons. The lowest BCUT2D eigenvalue weighted by atomic mass is 9.81. The van der Waals surface area contributed by atoms with Gasteiger partial charge in [-0.3, -0.25) is 14.5 Å². The standard InChI is InChI=1S/C37H37ClN4O2/c1-26(2)35-19-18-31(21-39-35)42(24-29-20-40-41(23-29)22-27-14-16-30(38)17-15-27)37(43)34-12-6-11-33-32(34)10-7-13-36(33)44-25-28-8-4-3-5-9-28/h3-5,7-10,13-21,23,26,34H,6,11-12,22,24-25H2,1-2H3. The molecule has 3 aromatic carbocycles. The number of pyridine rings is 1. The highest BCUT2D eigenvalue weighted by Crippen LogP contribution is 2.39. The fraction of sp³-hybridized carbons (Fsp3) is 0.270. The van der Waals surface area contributed by atoms with E-state index in [-0.39, 0.29) is 11.8 Å². The maximum atomic E-state index is 14.5. The van der Waals surface area contributed by atoms with E-state index in [1.165, 1.54) is 0 Å². The van der Waals surface area contributed by atoms with Gasteiger partial charge in [0.05, 0.1) is 37.1 Å². The second-order valence-corrected chi connectivity index (χ2v) is 12.2. The van der Waals surface area contributed by atoms with Crippen LogP contribution < -0.4 is 9.64 Å². The molecule has 0 fully saturated rings. The van der Waals surface area contributed by atoms with Crippen molar-refractivity contribution in [1.82, 2.24) is 14.8 Å². The summed E-state index contributed by atoms with van der Waals surface area (Å²) in [6.07, 6.45) is 8.29. The van der Waals surface area contributed by atoms with E-state index >= 15 is 0 Å². The van der Waals surface area contributed by atoms with Crippen LogP contribution in [0.25, 0.3) is 0 Å². The van der Waals surface area contributed by atoms with Gasteiger partial charge in [0.2, 0.25) is 5.91 Å². The molecule has 6 rings (SSSR count). The Bertz CT molecular complexity index is 1700. The first-order chi connectivity index (χ1) is 21.4. The molecule has 1 aliphatic rings. The Balaban J connectivity index is 1.27. The van der Waals surface area contributed by atoms with Crippen molar-refractivity contribution in [2.75, 3.05) is 4.90 Å². The zero-order chi connectivity index (χ0) is 30.5. The number of anilines is 1. The van der Waals surface area contributed by atoms with Gasteiger partial charge in [-0.05, 0) is 77.8 Å². The lowest BCUT2D eigenvalue weighted by Gasteiger charge is -2.31. The fourth-order valence-corrected chi connectivity index (χ4v) is 5.99. The largest absolute Gasteiger partial charge is 0.489 e. The molecule has 0 N–H and O–H groups in total. The molecule has 224 valence electrons. The average molecular weight is 605 g/mol. The second-order valence-electron chi connectivity index (χ2n) is 11.7. The summed E-state index contributed by atoms with van der Waals surface area (Å²) < 4.78 is 8.20. The highest BCUT2D eigenvalue weighted by Gasteiger charge is 2.32. The molecule has 6 nitrogen and oxygen atoms in total. The van der Waals surface area contributed by atoms with Crippen LogP contribution in [0, 0.1) is 0 Å². The molecule has 5 aromatic rings. The Hall–Kier alpha value is -4.42. The molecule has 0 bridgehead atoms. The number of halogens is 1. The van der Waals surface area contributed by atoms with Gasteiger partial charge in [-0.15, -0.1) is 0 Å². The van der Waals surface area contributed by atoms with Gasteiger partial charge in [-0.25, -0.2) is 0 Å². The predicted molar refractivity (Wildman–Crippen MR) is 175 cm³/mol. The smallest absolute Gasteiger partial charge is 0.234 e. The third-order valence-corrected chi connectivity index (χ3v) is 8.48. The number of benzene rings is 3. The zero-order valence-corrected chi connectivity index (χ0v) is 26.0. The maximum absolute atomic E-state index is 14.5. The number of hydrogen-bond donors (Lipinski definition) is 0. The number of amides is 1. The van der Waals surface area contributed by atoms with Gasteiger partial charge in [-0.1, -0.05) is 80.0 Å². The van der Waals surface area contributed by atoms with Crippen LogP contribution in [0.15, 0.2) is 104 Å². The number of nitrogens with zero attached hydrogens (tertiary/aromatic N) is 4. The van der Waals surface area contributed by atoms with Crippen molar-refractivity contribution in [2.45, 2.75) is 64.6 Å². The van der Waals surface area contributed by atoms with Crippen LogP contribution in [-0.4, -0.2) is 20.7 Å². The van der Waals surface area contributed by atoms with Gasteiger partial charge in [0.15, 0.2) is 0 Å². The van der Waals surface area contributed by atoms with E-state index in [1.54, 1.807) is 0 Å². The quantitative estimate of drug-likeness (QED) is 0.161. The van der Waals surface area contributed by atoms with Crippen LogP contribution in [0.3, 0.4) is 0 Å². The Labute approximate surface area is 264 Å². The highest BCUT2D eigenvalue weighted by molar-refractivity contribution is 6.30. The van der Waals surface area contributed by atoms with Crippen LogP contribution in [0.1, 0.15) is 72.0 Å². The van der Waals surface area contributed by atoms with Crippen LogP contribution in [-0.2, 0) is 30.9 Å². The first kappa shape index (κ1) is 29.6. The maximum Gasteiger partial charge on any atom is 0.234 e. The van der Waals surface area contributed by atoms with Gasteiger partial charge in [-0.2, -0.15) is 5.10 Å². The van der Waals surface area contributed by atoms with E-state index in [0.29, 0.717) is 30.6 Å². The Kier molecular flexibility index (Phi) is 9.08. The molecule has 1 atom stereocenters. The molecular weight excluding hydrogens is 568 g/mol. The molecule has 0 aliphatic heterocycles. The van der Waals surface area contributed by atoms with Crippen molar-refractivity contribution in [2.24, 2.45) is 0 Å². The van der Waals surface area contributed by atoms with Crippen molar-refractivity contribution in [3.63, 3.8) is 0 Å². The molecule has 1 unspecified atom stereocenters. The summed E-state index contributed by atoms with van der Waals surface area (Å²) in [6, 6.07) is 28.1. The zero-order valence-electron chi connectivity index (χ0n) is 25.2. The molecule has 2 aromatic heterocycles. The van der Waals surface area contributed by atoms with Crippen LogP contribution >= 0.6 is 11.6 Å². The van der Waals surface area contributed by atoms with E-state index in [2.05, 4.69) is 37.1 Å². The summed E-state index contributed by atoms with van der Waals surface area (Å²) in [6.45, 7) is 5.76. The van der Waals surface area contributed by atoms with Gasteiger partial charge >= 0.3 is 0 Å². The van der Waals surface area contributed by atoms with E-state index < -0.39 is 0 Å². The van der Waals surface area contributed by atoms with Gasteiger partial charge < -0.3 is 9.64 Å². The van der Waals surface area contributed by atoms with E-state index in [4.69, 9.17) is 21.3 Å². The summed E-state index contributed by atoms with van der Waals surface area (Å²) in [5.74, 6) is 0.962. The van der Waals surface area contributed by atoms with Crippen LogP contribution in [0.5, 0.6) is 5.75 Å². The Morgan fingerprint density at radius 2 is 1.77 bits per heavy atom. The van der Waals surface area contributed by atoms with E-state index in [9.17, 15) is 4.79 Å². The first-order valence-corrected chi connectivity index (χ1v) is 15.6. The number of carbonyl (C=O) groups excluding carboxylic acids is 1. The molecule has 1 amide bonds. The Morgan fingerprint density at radius 3 is 2.52 bits per heavy atom. The minimum atomic E-state index is -0.270. The molecule has 44 heavy (non-hydrogen) atoms. The van der Waals surface area contributed by atoms with Gasteiger partial charge in [0, 0.05) is 22.5 Å². The van der Waals surface area contributed by atoms with Crippen LogP contribution in [0.4, 0.5) is 5.69 Å². The van der Waals surface area contributed by atoms with Crippen LogP contribution in [0.2, 0.25) is 5.02 Å². The van der Waals surface area contributed by atoms with Gasteiger partial charge in [0.25, 0.3) is 0 Å². The van der Waals surface area contributed by atoms with Crippen molar-refractivity contribution >= 4 is 23.2 Å². The highest BCUT2D eigenvalue weighted by atomic mass is 35.5. The summed E-state index contributed by atoms with van der Waals surface area (Å²) in [5, 5.41) is 5.30. The molecule has 0 spiro atoms. The monoisotopic (exact) mass is 604 g/mol.